The lowest BCUT2D eigenvalue weighted by Gasteiger charge is -2.29. The molecular weight excluding hydrogens is 368 g/mol. The van der Waals surface area contributed by atoms with Gasteiger partial charge in [0.25, 0.3) is 0 Å². The van der Waals surface area contributed by atoms with Crippen molar-refractivity contribution >= 4 is 11.9 Å². The molecule has 7 heteroatoms. The van der Waals surface area contributed by atoms with Crippen LogP contribution in [-0.4, -0.2) is 36.2 Å². The summed E-state index contributed by atoms with van der Waals surface area (Å²) in [6.07, 6.45) is -0.641. The van der Waals surface area contributed by atoms with Gasteiger partial charge in [-0.1, -0.05) is 19.9 Å². The molecule has 0 spiro atoms. The zero-order valence-electron chi connectivity index (χ0n) is 17.6. The Morgan fingerprint density at radius 3 is 2.21 bits per heavy atom. The Labute approximate surface area is 165 Å². The smallest absolute Gasteiger partial charge is 0.323 e. The zero-order valence-corrected chi connectivity index (χ0v) is 17.6. The first-order valence-electron chi connectivity index (χ1n) is 9.42. The van der Waals surface area contributed by atoms with Crippen molar-refractivity contribution in [2.24, 2.45) is 5.92 Å². The van der Waals surface area contributed by atoms with Gasteiger partial charge in [0, 0.05) is 12.0 Å². The van der Waals surface area contributed by atoms with Crippen molar-refractivity contribution in [2.75, 3.05) is 6.54 Å². The number of benzene rings is 1. The van der Waals surface area contributed by atoms with Crippen LogP contribution in [-0.2, 0) is 19.1 Å². The first-order chi connectivity index (χ1) is 12.8. The second-order valence-corrected chi connectivity index (χ2v) is 8.27. The third-order valence-electron chi connectivity index (χ3n) is 4.17. The van der Waals surface area contributed by atoms with E-state index < -0.39 is 47.2 Å². The highest BCUT2D eigenvalue weighted by molar-refractivity contribution is 5.77. The molecule has 0 unspecified atom stereocenters. The fraction of sp³-hybridized carbons (Fsp3) is 0.619. The number of nitrogens with one attached hydrogen (secondary N) is 1. The predicted molar refractivity (Wildman–Crippen MR) is 103 cm³/mol. The SMILES string of the molecule is CC(C)[C@H](c1ccc(F)cc1F)[C@H](C)OC(=O)[C@H](C)NCC(=O)OC(C)(C)C. The van der Waals surface area contributed by atoms with Crippen LogP contribution in [0.1, 0.15) is 59.9 Å². The lowest BCUT2D eigenvalue weighted by atomic mass is 9.84. The van der Waals surface area contributed by atoms with Crippen molar-refractivity contribution in [3.63, 3.8) is 0 Å². The van der Waals surface area contributed by atoms with E-state index in [9.17, 15) is 18.4 Å². The average Bonchev–Trinajstić information content (AvgIpc) is 2.52. The molecule has 0 bridgehead atoms. The molecule has 0 heterocycles. The monoisotopic (exact) mass is 399 g/mol. The predicted octanol–water partition coefficient (Wildman–Crippen LogP) is 3.96. The Morgan fingerprint density at radius 2 is 1.71 bits per heavy atom. The summed E-state index contributed by atoms with van der Waals surface area (Å²) in [5, 5.41) is 2.76. The van der Waals surface area contributed by atoms with Crippen molar-refractivity contribution in [1.82, 2.24) is 5.32 Å². The van der Waals surface area contributed by atoms with Crippen molar-refractivity contribution in [2.45, 2.75) is 72.1 Å². The second kappa shape index (κ2) is 9.96. The number of carbonyl (C=O) groups is 2. The highest BCUT2D eigenvalue weighted by Gasteiger charge is 2.30. The summed E-state index contributed by atoms with van der Waals surface area (Å²) >= 11 is 0. The van der Waals surface area contributed by atoms with Gasteiger partial charge in [-0.05, 0) is 52.2 Å². The molecule has 0 amide bonds. The molecule has 1 N–H and O–H groups in total. The molecule has 1 rings (SSSR count). The zero-order chi connectivity index (χ0) is 21.6. The van der Waals surface area contributed by atoms with E-state index in [-0.39, 0.29) is 12.5 Å². The maximum absolute atomic E-state index is 14.2. The van der Waals surface area contributed by atoms with E-state index in [0.29, 0.717) is 5.56 Å². The van der Waals surface area contributed by atoms with E-state index in [1.807, 2.05) is 13.8 Å². The molecule has 3 atom stereocenters. The van der Waals surface area contributed by atoms with Gasteiger partial charge in [-0.2, -0.15) is 0 Å². The van der Waals surface area contributed by atoms with Gasteiger partial charge in [-0.3, -0.25) is 14.9 Å². The molecule has 0 saturated heterocycles. The van der Waals surface area contributed by atoms with Gasteiger partial charge in [0.15, 0.2) is 0 Å². The molecule has 1 aromatic carbocycles. The van der Waals surface area contributed by atoms with Gasteiger partial charge in [-0.25, -0.2) is 8.78 Å². The van der Waals surface area contributed by atoms with Crippen LogP contribution in [0.5, 0.6) is 0 Å². The molecule has 0 aromatic heterocycles. The number of hydrogen-bond donors (Lipinski definition) is 1. The Kier molecular flexibility index (Phi) is 8.54. The number of carbonyl (C=O) groups excluding carboxylic acids is 2. The van der Waals surface area contributed by atoms with Crippen LogP contribution in [0.25, 0.3) is 0 Å². The standard InChI is InChI=1S/C21H31F2NO4/c1-12(2)19(16-9-8-15(22)10-17(16)23)14(4)27-20(26)13(3)24-11-18(25)28-21(5,6)7/h8-10,12-14,19,24H,11H2,1-7H3/t13-,14-,19-/m0/s1. The number of ether oxygens (including phenoxy) is 2. The van der Waals surface area contributed by atoms with Crippen LogP contribution < -0.4 is 5.32 Å². The van der Waals surface area contributed by atoms with Crippen LogP contribution in [0.3, 0.4) is 0 Å². The van der Waals surface area contributed by atoms with E-state index in [4.69, 9.17) is 9.47 Å². The van der Waals surface area contributed by atoms with E-state index in [0.717, 1.165) is 6.07 Å². The van der Waals surface area contributed by atoms with E-state index in [1.54, 1.807) is 34.6 Å². The Morgan fingerprint density at radius 1 is 1.11 bits per heavy atom. The largest absolute Gasteiger partial charge is 0.461 e. The summed E-state index contributed by atoms with van der Waals surface area (Å²) in [6.45, 7) is 12.1. The maximum Gasteiger partial charge on any atom is 0.323 e. The van der Waals surface area contributed by atoms with Gasteiger partial charge in [0.1, 0.15) is 29.4 Å². The first kappa shape index (κ1) is 24.0. The van der Waals surface area contributed by atoms with Crippen molar-refractivity contribution < 1.29 is 27.8 Å². The molecule has 0 saturated carbocycles. The fourth-order valence-electron chi connectivity index (χ4n) is 2.98. The van der Waals surface area contributed by atoms with Crippen LogP contribution in [0.2, 0.25) is 0 Å². The summed E-state index contributed by atoms with van der Waals surface area (Å²) in [7, 11) is 0. The molecule has 0 fully saturated rings. The average molecular weight is 399 g/mol. The normalized spacial score (nSPS) is 15.1. The first-order valence-corrected chi connectivity index (χ1v) is 9.42. The molecule has 5 nitrogen and oxygen atoms in total. The second-order valence-electron chi connectivity index (χ2n) is 8.27. The molecule has 1 aromatic rings. The van der Waals surface area contributed by atoms with Crippen LogP contribution in [0, 0.1) is 17.6 Å². The summed E-state index contributed by atoms with van der Waals surface area (Å²) in [5.41, 5.74) is -0.313. The summed E-state index contributed by atoms with van der Waals surface area (Å²) in [6, 6.07) is 2.64. The summed E-state index contributed by atoms with van der Waals surface area (Å²) in [5.74, 6) is -2.86. The Bertz CT molecular complexity index is 685. The fourth-order valence-corrected chi connectivity index (χ4v) is 2.98. The minimum atomic E-state index is -0.749. The quantitative estimate of drug-likeness (QED) is 0.671. The third kappa shape index (κ3) is 7.54. The molecule has 0 aliphatic rings. The topological polar surface area (TPSA) is 64.6 Å². The van der Waals surface area contributed by atoms with Gasteiger partial charge in [0.2, 0.25) is 0 Å². The summed E-state index contributed by atoms with van der Waals surface area (Å²) in [4.78, 5) is 24.1. The van der Waals surface area contributed by atoms with Gasteiger partial charge in [-0.15, -0.1) is 0 Å². The number of esters is 2. The Hall–Kier alpha value is -2.02. The third-order valence-corrected chi connectivity index (χ3v) is 4.17. The molecular formula is C21H31F2NO4. The van der Waals surface area contributed by atoms with E-state index >= 15 is 0 Å². The number of rotatable bonds is 8. The minimum Gasteiger partial charge on any atom is -0.461 e. The van der Waals surface area contributed by atoms with Crippen molar-refractivity contribution in [1.29, 1.82) is 0 Å². The van der Waals surface area contributed by atoms with Crippen molar-refractivity contribution in [3.05, 3.63) is 35.4 Å². The lowest BCUT2D eigenvalue weighted by Crippen LogP contribution is -2.42. The highest BCUT2D eigenvalue weighted by Crippen LogP contribution is 2.32. The molecule has 0 aliphatic carbocycles. The van der Waals surface area contributed by atoms with E-state index in [2.05, 4.69) is 5.32 Å². The number of halogens is 2. The maximum atomic E-state index is 14.2. The van der Waals surface area contributed by atoms with E-state index in [1.165, 1.54) is 12.1 Å². The minimum absolute atomic E-state index is 0.0483. The van der Waals surface area contributed by atoms with Gasteiger partial charge in [0.05, 0.1) is 6.54 Å². The van der Waals surface area contributed by atoms with Crippen LogP contribution in [0.15, 0.2) is 18.2 Å². The van der Waals surface area contributed by atoms with Crippen LogP contribution in [0.4, 0.5) is 8.78 Å². The van der Waals surface area contributed by atoms with Gasteiger partial charge >= 0.3 is 11.9 Å². The highest BCUT2D eigenvalue weighted by atomic mass is 19.1. The van der Waals surface area contributed by atoms with Gasteiger partial charge < -0.3 is 9.47 Å². The number of hydrogen-bond acceptors (Lipinski definition) is 5. The lowest BCUT2D eigenvalue weighted by molar-refractivity contribution is -0.155. The Balaban J connectivity index is 2.73. The molecule has 28 heavy (non-hydrogen) atoms. The molecule has 0 aliphatic heterocycles. The summed E-state index contributed by atoms with van der Waals surface area (Å²) < 4.78 is 38.1. The molecule has 158 valence electrons. The van der Waals surface area contributed by atoms with Crippen molar-refractivity contribution in [3.8, 4) is 0 Å². The van der Waals surface area contributed by atoms with Crippen LogP contribution >= 0.6 is 0 Å². The molecule has 0 radical (unpaired) electrons.